The van der Waals surface area contributed by atoms with Gasteiger partial charge in [0.1, 0.15) is 0 Å². The van der Waals surface area contributed by atoms with Crippen molar-refractivity contribution in [2.24, 2.45) is 0 Å². The average Bonchev–Trinajstić information content (AvgIpc) is 3.93. The van der Waals surface area contributed by atoms with Crippen molar-refractivity contribution in [2.75, 3.05) is 5.32 Å². The summed E-state index contributed by atoms with van der Waals surface area (Å²) in [6.07, 6.45) is 0. The van der Waals surface area contributed by atoms with Crippen LogP contribution in [0.2, 0.25) is 0 Å². The molecule has 1 aliphatic rings. The zero-order valence-corrected chi connectivity index (χ0v) is 37.9. The average molecular weight is 879 g/mol. The van der Waals surface area contributed by atoms with Crippen LogP contribution in [0, 0.1) is 0 Å². The number of nitrogens with one attached hydrogen (secondary N) is 1. The largest absolute Gasteiger partial charge is 0.355 e. The Morgan fingerprint density at radius 3 is 1.45 bits per heavy atom. The van der Waals surface area contributed by atoms with Crippen LogP contribution >= 0.6 is 0 Å². The molecular weight excluding hydrogens is 833 g/mol. The standard InChI is InChI=1S/C67H46N2/c1-5-18-46(19-6-1)48-32-38-54(39-33-48)68-63-42-36-50(51-37-43-65-61(45-51)57-27-14-16-31-64(57)69(65)55-40-34-49(35-41-55)47-20-7-2-8-21-47)44-60(63)59-29-17-28-58-56-26-13-15-30-62(56)67(66(58)59,52-22-9-3-10-23-52)53-24-11-4-12-25-53/h1-45,68H. The molecule has 2 heteroatoms. The SMILES string of the molecule is c1ccc(-c2ccc(Nc3ccc(-c4ccc5c(c4)c4ccccc4n5-c4ccc(-c5ccccc5)cc4)cc3-c3cccc4c3C(c3ccccc3)(c3ccccc3)c3ccccc3-4)cc2)cc1. The van der Waals surface area contributed by atoms with E-state index < -0.39 is 5.41 Å². The molecule has 0 spiro atoms. The highest BCUT2D eigenvalue weighted by Crippen LogP contribution is 2.59. The molecule has 13 rings (SSSR count). The molecule has 0 bridgehead atoms. The molecule has 0 fully saturated rings. The lowest BCUT2D eigenvalue weighted by Crippen LogP contribution is -2.29. The van der Waals surface area contributed by atoms with Gasteiger partial charge in [-0.3, -0.25) is 0 Å². The minimum atomic E-state index is -0.574. The Hall–Kier alpha value is -8.98. The van der Waals surface area contributed by atoms with Gasteiger partial charge in [-0.25, -0.2) is 0 Å². The summed E-state index contributed by atoms with van der Waals surface area (Å²) in [6, 6.07) is 99.9. The van der Waals surface area contributed by atoms with Gasteiger partial charge in [0, 0.05) is 33.4 Å². The highest BCUT2D eigenvalue weighted by Gasteiger charge is 2.47. The quantitative estimate of drug-likeness (QED) is 0.153. The van der Waals surface area contributed by atoms with Gasteiger partial charge < -0.3 is 9.88 Å². The normalized spacial score (nSPS) is 12.5. The Balaban J connectivity index is 1.01. The van der Waals surface area contributed by atoms with E-state index >= 15 is 0 Å². The van der Waals surface area contributed by atoms with Gasteiger partial charge in [0.25, 0.3) is 0 Å². The summed E-state index contributed by atoms with van der Waals surface area (Å²) >= 11 is 0. The van der Waals surface area contributed by atoms with Crippen molar-refractivity contribution in [1.29, 1.82) is 0 Å². The molecule has 0 atom stereocenters. The number of fused-ring (bicyclic) bond motifs is 6. The predicted molar refractivity (Wildman–Crippen MR) is 290 cm³/mol. The molecule has 0 amide bonds. The third-order valence-corrected chi connectivity index (χ3v) is 14.3. The zero-order valence-electron chi connectivity index (χ0n) is 37.9. The second-order valence-corrected chi connectivity index (χ2v) is 18.1. The third kappa shape index (κ3) is 6.72. The highest BCUT2D eigenvalue weighted by atomic mass is 15.0. The van der Waals surface area contributed by atoms with Crippen LogP contribution < -0.4 is 5.32 Å². The number of hydrogen-bond acceptors (Lipinski definition) is 1. The fourth-order valence-corrected chi connectivity index (χ4v) is 11.2. The van der Waals surface area contributed by atoms with Crippen molar-refractivity contribution in [3.05, 3.63) is 295 Å². The summed E-state index contributed by atoms with van der Waals surface area (Å²) in [5.74, 6) is 0. The monoisotopic (exact) mass is 878 g/mol. The van der Waals surface area contributed by atoms with Gasteiger partial charge in [-0.1, -0.05) is 218 Å². The number of hydrogen-bond donors (Lipinski definition) is 1. The molecular formula is C67H46N2. The first-order valence-electron chi connectivity index (χ1n) is 23.8. The van der Waals surface area contributed by atoms with Crippen LogP contribution in [-0.4, -0.2) is 4.57 Å². The van der Waals surface area contributed by atoms with Crippen molar-refractivity contribution >= 4 is 33.2 Å². The summed E-state index contributed by atoms with van der Waals surface area (Å²) < 4.78 is 2.41. The fourth-order valence-electron chi connectivity index (χ4n) is 11.2. The van der Waals surface area contributed by atoms with Gasteiger partial charge in [0.15, 0.2) is 0 Å². The first-order chi connectivity index (χ1) is 34.2. The number of anilines is 2. The van der Waals surface area contributed by atoms with Crippen LogP contribution in [0.15, 0.2) is 273 Å². The lowest BCUT2D eigenvalue weighted by Gasteiger charge is -2.35. The van der Waals surface area contributed by atoms with Gasteiger partial charge in [-0.05, 0) is 127 Å². The molecule has 0 radical (unpaired) electrons. The predicted octanol–water partition coefficient (Wildman–Crippen LogP) is 17.6. The molecule has 0 saturated carbocycles. The molecule has 1 aliphatic carbocycles. The van der Waals surface area contributed by atoms with Crippen LogP contribution in [0.3, 0.4) is 0 Å². The van der Waals surface area contributed by atoms with Gasteiger partial charge in [0.2, 0.25) is 0 Å². The lowest BCUT2D eigenvalue weighted by atomic mass is 9.66. The van der Waals surface area contributed by atoms with E-state index in [1.807, 2.05) is 0 Å². The number of aromatic nitrogens is 1. The molecule has 1 heterocycles. The first kappa shape index (κ1) is 40.3. The molecule has 0 aliphatic heterocycles. The summed E-state index contributed by atoms with van der Waals surface area (Å²) in [6.45, 7) is 0. The van der Waals surface area contributed by atoms with Gasteiger partial charge >= 0.3 is 0 Å². The summed E-state index contributed by atoms with van der Waals surface area (Å²) in [7, 11) is 0. The smallest absolute Gasteiger partial charge is 0.0719 e. The van der Waals surface area contributed by atoms with E-state index in [2.05, 4.69) is 283 Å². The fraction of sp³-hybridized carbons (Fsp3) is 0.0149. The summed E-state index contributed by atoms with van der Waals surface area (Å²) in [4.78, 5) is 0. The van der Waals surface area contributed by atoms with Crippen molar-refractivity contribution < 1.29 is 0 Å². The minimum Gasteiger partial charge on any atom is -0.355 e. The molecule has 12 aromatic rings. The summed E-state index contributed by atoms with van der Waals surface area (Å²) in [5, 5.41) is 6.39. The summed E-state index contributed by atoms with van der Waals surface area (Å²) in [5.41, 5.74) is 22.1. The van der Waals surface area contributed by atoms with Gasteiger partial charge in [0.05, 0.1) is 16.4 Å². The Labute approximate surface area is 403 Å². The Bertz CT molecular complexity index is 3780. The van der Waals surface area contributed by atoms with Gasteiger partial charge in [-0.2, -0.15) is 0 Å². The van der Waals surface area contributed by atoms with E-state index in [0.29, 0.717) is 0 Å². The number of rotatable bonds is 9. The van der Waals surface area contributed by atoms with E-state index in [4.69, 9.17) is 0 Å². The van der Waals surface area contributed by atoms with Gasteiger partial charge in [-0.15, -0.1) is 0 Å². The zero-order chi connectivity index (χ0) is 45.7. The maximum Gasteiger partial charge on any atom is 0.0719 e. The van der Waals surface area contributed by atoms with Crippen molar-refractivity contribution in [3.63, 3.8) is 0 Å². The molecule has 324 valence electrons. The van der Waals surface area contributed by atoms with E-state index in [-0.39, 0.29) is 0 Å². The third-order valence-electron chi connectivity index (χ3n) is 14.3. The molecule has 69 heavy (non-hydrogen) atoms. The van der Waals surface area contributed by atoms with Crippen LogP contribution in [0.1, 0.15) is 22.3 Å². The van der Waals surface area contributed by atoms with E-state index in [9.17, 15) is 0 Å². The molecule has 2 nitrogen and oxygen atoms in total. The maximum absolute atomic E-state index is 3.93. The van der Waals surface area contributed by atoms with E-state index in [0.717, 1.165) is 33.8 Å². The van der Waals surface area contributed by atoms with E-state index in [1.54, 1.807) is 0 Å². The number of para-hydroxylation sites is 1. The van der Waals surface area contributed by atoms with Crippen molar-refractivity contribution in [2.45, 2.75) is 5.41 Å². The first-order valence-corrected chi connectivity index (χ1v) is 23.8. The Kier molecular flexibility index (Phi) is 9.77. The maximum atomic E-state index is 3.93. The lowest BCUT2D eigenvalue weighted by molar-refractivity contribution is 0.770. The topological polar surface area (TPSA) is 17.0 Å². The Morgan fingerprint density at radius 2 is 0.783 bits per heavy atom. The molecule has 0 unspecified atom stereocenters. The molecule has 11 aromatic carbocycles. The van der Waals surface area contributed by atoms with Crippen LogP contribution in [-0.2, 0) is 5.41 Å². The van der Waals surface area contributed by atoms with Crippen molar-refractivity contribution in [1.82, 2.24) is 4.57 Å². The number of benzene rings is 11. The number of nitrogens with zero attached hydrogens (tertiary/aromatic N) is 1. The second kappa shape index (κ2) is 16.7. The Morgan fingerprint density at radius 1 is 0.304 bits per heavy atom. The van der Waals surface area contributed by atoms with Crippen LogP contribution in [0.5, 0.6) is 0 Å². The highest BCUT2D eigenvalue weighted by molar-refractivity contribution is 6.10. The minimum absolute atomic E-state index is 0.574. The van der Waals surface area contributed by atoms with Crippen molar-refractivity contribution in [3.8, 4) is 61.3 Å². The van der Waals surface area contributed by atoms with Crippen LogP contribution in [0.25, 0.3) is 83.1 Å². The van der Waals surface area contributed by atoms with Crippen LogP contribution in [0.4, 0.5) is 11.4 Å². The van der Waals surface area contributed by atoms with E-state index in [1.165, 1.54) is 83.0 Å². The second-order valence-electron chi connectivity index (χ2n) is 18.1. The molecule has 0 saturated heterocycles. The molecule has 1 N–H and O–H groups in total. The molecule has 1 aromatic heterocycles.